The van der Waals surface area contributed by atoms with Crippen molar-refractivity contribution in [2.24, 2.45) is 5.92 Å². The number of halogens is 3. The van der Waals surface area contributed by atoms with Crippen LogP contribution in [0.5, 0.6) is 5.75 Å². The van der Waals surface area contributed by atoms with Gasteiger partial charge in [-0.25, -0.2) is 14.8 Å². The quantitative estimate of drug-likeness (QED) is 0.473. The number of hydrogen-bond acceptors (Lipinski definition) is 8. The number of methoxy groups -OCH3 is 1. The number of ether oxygens (including phenoxy) is 3. The third kappa shape index (κ3) is 8.10. The third-order valence-corrected chi connectivity index (χ3v) is 5.55. The van der Waals surface area contributed by atoms with Crippen LogP contribution < -0.4 is 9.64 Å². The molecule has 0 radical (unpaired) electrons. The van der Waals surface area contributed by atoms with Crippen molar-refractivity contribution in [3.63, 3.8) is 0 Å². The second-order valence-electron chi connectivity index (χ2n) is 9.56. The van der Waals surface area contributed by atoms with E-state index in [-0.39, 0.29) is 23.3 Å². The zero-order valence-corrected chi connectivity index (χ0v) is 20.7. The maximum atomic E-state index is 12.7. The lowest BCUT2D eigenvalue weighted by atomic mass is 9.92. The smallest absolute Gasteiger partial charge is 0.464 e. The van der Waals surface area contributed by atoms with Gasteiger partial charge in [0, 0.05) is 25.1 Å². The maximum Gasteiger partial charge on any atom is 0.573 e. The van der Waals surface area contributed by atoms with Gasteiger partial charge in [-0.1, -0.05) is 12.1 Å². The van der Waals surface area contributed by atoms with E-state index in [1.165, 1.54) is 31.4 Å². The van der Waals surface area contributed by atoms with E-state index >= 15 is 0 Å². The number of aromatic nitrogens is 2. The Morgan fingerprint density at radius 1 is 1.08 bits per heavy atom. The highest BCUT2D eigenvalue weighted by molar-refractivity contribution is 5.89. The minimum Gasteiger partial charge on any atom is -0.464 e. The normalized spacial score (nSPS) is 14.9. The van der Waals surface area contributed by atoms with E-state index in [1.54, 1.807) is 6.07 Å². The Balaban J connectivity index is 1.74. The Kier molecular flexibility index (Phi) is 8.42. The molecule has 0 bridgehead atoms. The Labute approximate surface area is 207 Å². The predicted molar refractivity (Wildman–Crippen MR) is 126 cm³/mol. The van der Waals surface area contributed by atoms with E-state index in [4.69, 9.17) is 9.47 Å². The maximum absolute atomic E-state index is 12.7. The van der Waals surface area contributed by atoms with Gasteiger partial charge in [0.15, 0.2) is 5.69 Å². The molecule has 1 fully saturated rings. The second kappa shape index (κ2) is 11.1. The average molecular weight is 510 g/mol. The van der Waals surface area contributed by atoms with Gasteiger partial charge < -0.3 is 19.1 Å². The van der Waals surface area contributed by atoms with Crippen molar-refractivity contribution >= 4 is 17.9 Å². The summed E-state index contributed by atoms with van der Waals surface area (Å²) in [4.78, 5) is 35.0. The molecule has 11 heteroatoms. The molecule has 2 heterocycles. The Hall–Kier alpha value is -3.37. The number of piperidine rings is 1. The van der Waals surface area contributed by atoms with Crippen molar-refractivity contribution in [3.8, 4) is 17.0 Å². The Morgan fingerprint density at radius 2 is 1.78 bits per heavy atom. The van der Waals surface area contributed by atoms with Gasteiger partial charge in [-0.3, -0.25) is 4.79 Å². The SMILES string of the molecule is COC(=O)c1cc(-c2cccc(OC(F)(F)F)c2)nc(N2CCC(CCC(=O)OC(C)(C)C)CC2)n1. The molecule has 196 valence electrons. The number of esters is 2. The van der Waals surface area contributed by atoms with Gasteiger partial charge >= 0.3 is 18.3 Å². The number of rotatable bonds is 7. The lowest BCUT2D eigenvalue weighted by Gasteiger charge is -2.32. The molecule has 0 aliphatic carbocycles. The first-order chi connectivity index (χ1) is 16.8. The molecule has 0 N–H and O–H groups in total. The molecule has 2 aromatic rings. The molecule has 0 atom stereocenters. The standard InChI is InChI=1S/C25H30F3N3O5/c1-24(2,3)36-21(32)9-8-16-10-12-31(13-11-16)23-29-19(15-20(30-23)22(33)34-4)17-6-5-7-18(14-17)35-25(26,27)28/h5-7,14-16H,8-13H2,1-4H3. The highest BCUT2D eigenvalue weighted by atomic mass is 19.4. The van der Waals surface area contributed by atoms with Gasteiger partial charge in [-0.15, -0.1) is 13.2 Å². The number of benzene rings is 1. The summed E-state index contributed by atoms with van der Waals surface area (Å²) >= 11 is 0. The van der Waals surface area contributed by atoms with E-state index in [2.05, 4.69) is 14.7 Å². The van der Waals surface area contributed by atoms with Gasteiger partial charge in [-0.05, 0) is 64.2 Å². The Morgan fingerprint density at radius 3 is 2.39 bits per heavy atom. The molecule has 1 aliphatic rings. The molecule has 8 nitrogen and oxygen atoms in total. The van der Waals surface area contributed by atoms with Crippen LogP contribution in [-0.2, 0) is 14.3 Å². The molecular formula is C25H30F3N3O5. The van der Waals surface area contributed by atoms with E-state index in [1.807, 2.05) is 25.7 Å². The zero-order valence-electron chi connectivity index (χ0n) is 20.7. The van der Waals surface area contributed by atoms with Gasteiger partial charge in [-0.2, -0.15) is 0 Å². The number of anilines is 1. The topological polar surface area (TPSA) is 90.9 Å². The van der Waals surface area contributed by atoms with E-state index in [0.717, 1.165) is 12.8 Å². The summed E-state index contributed by atoms with van der Waals surface area (Å²) in [5.41, 5.74) is 0.0722. The number of nitrogens with zero attached hydrogens (tertiary/aromatic N) is 3. The Bertz CT molecular complexity index is 1080. The fourth-order valence-corrected chi connectivity index (χ4v) is 3.92. The fraction of sp³-hybridized carbons (Fsp3) is 0.520. The molecule has 1 aromatic carbocycles. The highest BCUT2D eigenvalue weighted by Gasteiger charge is 2.31. The second-order valence-corrected chi connectivity index (χ2v) is 9.56. The molecule has 36 heavy (non-hydrogen) atoms. The van der Waals surface area contributed by atoms with Crippen LogP contribution in [0.3, 0.4) is 0 Å². The van der Waals surface area contributed by atoms with Gasteiger partial charge in [0.2, 0.25) is 5.95 Å². The summed E-state index contributed by atoms with van der Waals surface area (Å²) in [5.74, 6) is -0.699. The van der Waals surface area contributed by atoms with Gasteiger partial charge in [0.05, 0.1) is 12.8 Å². The predicted octanol–water partition coefficient (Wildman–Crippen LogP) is 5.17. The van der Waals surface area contributed by atoms with Crippen LogP contribution in [0.25, 0.3) is 11.3 Å². The highest BCUT2D eigenvalue weighted by Crippen LogP contribution is 2.30. The monoisotopic (exact) mass is 509 g/mol. The summed E-state index contributed by atoms with van der Waals surface area (Å²) in [5, 5.41) is 0. The van der Waals surface area contributed by atoms with Crippen molar-refractivity contribution in [3.05, 3.63) is 36.0 Å². The molecule has 0 spiro atoms. The summed E-state index contributed by atoms with van der Waals surface area (Å²) in [6.45, 7) is 6.69. The molecule has 1 aromatic heterocycles. The molecule has 3 rings (SSSR count). The van der Waals surface area contributed by atoms with Crippen molar-refractivity contribution in [2.75, 3.05) is 25.1 Å². The largest absolute Gasteiger partial charge is 0.573 e. The summed E-state index contributed by atoms with van der Waals surface area (Å²) in [7, 11) is 1.22. The van der Waals surface area contributed by atoms with Gasteiger partial charge in [0.25, 0.3) is 0 Å². The fourth-order valence-electron chi connectivity index (χ4n) is 3.92. The summed E-state index contributed by atoms with van der Waals surface area (Å²) in [6, 6.07) is 6.73. The minimum absolute atomic E-state index is 0.00769. The first-order valence-electron chi connectivity index (χ1n) is 11.6. The van der Waals surface area contributed by atoms with Crippen LogP contribution in [0, 0.1) is 5.92 Å². The van der Waals surface area contributed by atoms with Crippen molar-refractivity contribution < 1.29 is 37.0 Å². The number of carbonyl (C=O) groups is 2. The van der Waals surface area contributed by atoms with Crippen LogP contribution in [0.2, 0.25) is 0 Å². The van der Waals surface area contributed by atoms with Crippen LogP contribution >= 0.6 is 0 Å². The van der Waals surface area contributed by atoms with Crippen LogP contribution in [0.1, 0.15) is 56.9 Å². The van der Waals surface area contributed by atoms with Crippen molar-refractivity contribution in [1.82, 2.24) is 9.97 Å². The van der Waals surface area contributed by atoms with Crippen LogP contribution in [0.15, 0.2) is 30.3 Å². The molecule has 0 unspecified atom stereocenters. The molecule has 0 saturated carbocycles. The third-order valence-electron chi connectivity index (χ3n) is 5.55. The van der Waals surface area contributed by atoms with E-state index < -0.39 is 23.7 Å². The number of carbonyl (C=O) groups excluding carboxylic acids is 2. The van der Waals surface area contributed by atoms with Crippen LogP contribution in [-0.4, -0.2) is 54.1 Å². The summed E-state index contributed by atoms with van der Waals surface area (Å²) in [6.07, 6.45) is -2.20. The molecule has 0 amide bonds. The zero-order chi connectivity index (χ0) is 26.5. The van der Waals surface area contributed by atoms with Crippen LogP contribution in [0.4, 0.5) is 19.1 Å². The lowest BCUT2D eigenvalue weighted by Crippen LogP contribution is -2.35. The lowest BCUT2D eigenvalue weighted by molar-refractivity contribution is -0.274. The first kappa shape index (κ1) is 27.2. The van der Waals surface area contributed by atoms with E-state index in [9.17, 15) is 22.8 Å². The van der Waals surface area contributed by atoms with Crippen molar-refractivity contribution in [2.45, 2.75) is 58.4 Å². The summed E-state index contributed by atoms with van der Waals surface area (Å²) < 4.78 is 52.2. The molecule has 1 aliphatic heterocycles. The minimum atomic E-state index is -4.83. The number of hydrogen-bond donors (Lipinski definition) is 0. The average Bonchev–Trinajstić information content (AvgIpc) is 2.80. The molecular weight excluding hydrogens is 479 g/mol. The first-order valence-corrected chi connectivity index (χ1v) is 11.6. The van der Waals surface area contributed by atoms with E-state index in [0.29, 0.717) is 37.4 Å². The van der Waals surface area contributed by atoms with Gasteiger partial charge in [0.1, 0.15) is 11.4 Å². The molecule has 1 saturated heterocycles. The number of alkyl halides is 3. The van der Waals surface area contributed by atoms with Crippen molar-refractivity contribution in [1.29, 1.82) is 0 Å².